The molecule has 4 rings (SSSR count). The molecule has 1 amide bonds. The van der Waals surface area contributed by atoms with Crippen LogP contribution in [0.1, 0.15) is 27.9 Å². The number of carbonyl (C=O) groups excluding carboxylic acids is 1. The Hall–Kier alpha value is -3.98. The van der Waals surface area contributed by atoms with Crippen molar-refractivity contribution in [2.24, 2.45) is 0 Å². The molecule has 168 valence electrons. The van der Waals surface area contributed by atoms with Gasteiger partial charge < -0.3 is 19.3 Å². The highest BCUT2D eigenvalue weighted by Crippen LogP contribution is 2.22. The number of ether oxygens (including phenoxy) is 2. The van der Waals surface area contributed by atoms with Crippen molar-refractivity contribution in [1.82, 2.24) is 4.90 Å². The van der Waals surface area contributed by atoms with Gasteiger partial charge in [0.25, 0.3) is 5.91 Å². The standard InChI is InChI=1S/C27H27N3O3/c1-32-25-12-10-24(11-13-25)29-14-5-15-30(17-16-29)27(31)21-8-4-9-26(18-21)33-20-23-7-3-2-6-22(23)19-28/h2-4,6-13,18H,5,14-17,20H2,1H3. The van der Waals surface area contributed by atoms with Gasteiger partial charge in [-0.3, -0.25) is 4.79 Å². The number of hydrogen-bond acceptors (Lipinski definition) is 5. The van der Waals surface area contributed by atoms with E-state index in [-0.39, 0.29) is 12.5 Å². The molecule has 33 heavy (non-hydrogen) atoms. The van der Waals surface area contributed by atoms with Gasteiger partial charge in [-0.05, 0) is 55.0 Å². The van der Waals surface area contributed by atoms with E-state index in [1.807, 2.05) is 53.4 Å². The van der Waals surface area contributed by atoms with E-state index in [1.165, 1.54) is 0 Å². The van der Waals surface area contributed by atoms with E-state index in [0.717, 1.165) is 36.5 Å². The van der Waals surface area contributed by atoms with E-state index in [0.29, 0.717) is 30.0 Å². The predicted octanol–water partition coefficient (Wildman–Crippen LogP) is 4.50. The van der Waals surface area contributed by atoms with Crippen LogP contribution in [0, 0.1) is 11.3 Å². The van der Waals surface area contributed by atoms with E-state index >= 15 is 0 Å². The maximum absolute atomic E-state index is 13.2. The molecule has 0 spiro atoms. The Morgan fingerprint density at radius 2 is 1.76 bits per heavy atom. The number of rotatable bonds is 6. The number of nitriles is 1. The molecule has 6 heteroatoms. The number of benzene rings is 3. The molecule has 0 saturated carbocycles. The first-order chi connectivity index (χ1) is 16.2. The Morgan fingerprint density at radius 3 is 2.55 bits per heavy atom. The molecule has 1 saturated heterocycles. The van der Waals surface area contributed by atoms with Gasteiger partial charge in [0.2, 0.25) is 0 Å². The van der Waals surface area contributed by atoms with Crippen molar-refractivity contribution < 1.29 is 14.3 Å². The summed E-state index contributed by atoms with van der Waals surface area (Å²) in [6.07, 6.45) is 0.902. The van der Waals surface area contributed by atoms with Crippen LogP contribution in [0.3, 0.4) is 0 Å². The van der Waals surface area contributed by atoms with Gasteiger partial charge >= 0.3 is 0 Å². The summed E-state index contributed by atoms with van der Waals surface area (Å²) in [7, 11) is 1.66. The lowest BCUT2D eigenvalue weighted by atomic mass is 10.1. The van der Waals surface area contributed by atoms with Crippen LogP contribution in [0.15, 0.2) is 72.8 Å². The summed E-state index contributed by atoms with van der Waals surface area (Å²) in [6, 6.07) is 24.9. The number of amides is 1. The minimum atomic E-state index is 0.00876. The van der Waals surface area contributed by atoms with E-state index in [2.05, 4.69) is 23.1 Å². The topological polar surface area (TPSA) is 65.8 Å². The molecule has 0 radical (unpaired) electrons. The lowest BCUT2D eigenvalue weighted by molar-refractivity contribution is 0.0766. The lowest BCUT2D eigenvalue weighted by Crippen LogP contribution is -2.35. The molecule has 0 aliphatic carbocycles. The first-order valence-corrected chi connectivity index (χ1v) is 11.1. The third kappa shape index (κ3) is 5.45. The van der Waals surface area contributed by atoms with E-state index in [4.69, 9.17) is 9.47 Å². The molecule has 0 bridgehead atoms. The Kier molecular flexibility index (Phi) is 7.11. The number of anilines is 1. The van der Waals surface area contributed by atoms with Gasteiger partial charge in [-0.25, -0.2) is 0 Å². The molecule has 1 aliphatic rings. The van der Waals surface area contributed by atoms with Crippen LogP contribution in [-0.2, 0) is 6.61 Å². The second kappa shape index (κ2) is 10.6. The molecule has 1 aliphatic heterocycles. The third-order valence-electron chi connectivity index (χ3n) is 5.83. The highest BCUT2D eigenvalue weighted by Gasteiger charge is 2.21. The zero-order chi connectivity index (χ0) is 23.0. The number of nitrogens with zero attached hydrogens (tertiary/aromatic N) is 3. The van der Waals surface area contributed by atoms with Crippen LogP contribution in [0.4, 0.5) is 5.69 Å². The van der Waals surface area contributed by atoms with Crippen LogP contribution in [0.25, 0.3) is 0 Å². The van der Waals surface area contributed by atoms with Crippen LogP contribution in [0.5, 0.6) is 11.5 Å². The summed E-state index contributed by atoms with van der Waals surface area (Å²) in [4.78, 5) is 17.4. The van der Waals surface area contributed by atoms with Crippen LogP contribution < -0.4 is 14.4 Å². The van der Waals surface area contributed by atoms with Gasteiger partial charge in [0.05, 0.1) is 18.7 Å². The molecule has 1 heterocycles. The molecular weight excluding hydrogens is 414 g/mol. The first kappa shape index (κ1) is 22.2. The largest absolute Gasteiger partial charge is 0.497 e. The van der Waals surface area contributed by atoms with Crippen molar-refractivity contribution in [2.45, 2.75) is 13.0 Å². The minimum absolute atomic E-state index is 0.00876. The first-order valence-electron chi connectivity index (χ1n) is 11.1. The highest BCUT2D eigenvalue weighted by atomic mass is 16.5. The summed E-state index contributed by atoms with van der Waals surface area (Å²) in [6.45, 7) is 3.33. The lowest BCUT2D eigenvalue weighted by Gasteiger charge is -2.24. The predicted molar refractivity (Wildman–Crippen MR) is 128 cm³/mol. The van der Waals surface area contributed by atoms with Crippen molar-refractivity contribution in [1.29, 1.82) is 5.26 Å². The molecule has 0 unspecified atom stereocenters. The number of hydrogen-bond donors (Lipinski definition) is 0. The fraction of sp³-hybridized carbons (Fsp3) is 0.259. The second-order valence-corrected chi connectivity index (χ2v) is 7.92. The fourth-order valence-electron chi connectivity index (χ4n) is 3.99. The average molecular weight is 442 g/mol. The second-order valence-electron chi connectivity index (χ2n) is 7.92. The summed E-state index contributed by atoms with van der Waals surface area (Å²) >= 11 is 0. The van der Waals surface area contributed by atoms with Gasteiger partial charge in [0, 0.05) is 43.0 Å². The fourth-order valence-corrected chi connectivity index (χ4v) is 3.99. The number of carbonyl (C=O) groups is 1. The zero-order valence-corrected chi connectivity index (χ0v) is 18.7. The van der Waals surface area contributed by atoms with Gasteiger partial charge in [-0.1, -0.05) is 24.3 Å². The molecule has 3 aromatic carbocycles. The van der Waals surface area contributed by atoms with Crippen molar-refractivity contribution in [3.63, 3.8) is 0 Å². The molecule has 0 aromatic heterocycles. The minimum Gasteiger partial charge on any atom is -0.497 e. The Morgan fingerprint density at radius 1 is 0.939 bits per heavy atom. The summed E-state index contributed by atoms with van der Waals surface area (Å²) in [5.41, 5.74) is 3.16. The Labute approximate surface area is 194 Å². The molecular formula is C27H27N3O3. The van der Waals surface area contributed by atoms with Crippen molar-refractivity contribution >= 4 is 11.6 Å². The van der Waals surface area contributed by atoms with Crippen LogP contribution in [0.2, 0.25) is 0 Å². The van der Waals surface area contributed by atoms with Crippen molar-refractivity contribution in [2.75, 3.05) is 38.2 Å². The van der Waals surface area contributed by atoms with Gasteiger partial charge in [0.15, 0.2) is 0 Å². The van der Waals surface area contributed by atoms with Gasteiger partial charge in [0.1, 0.15) is 18.1 Å². The molecule has 0 atom stereocenters. The maximum atomic E-state index is 13.2. The van der Waals surface area contributed by atoms with E-state index < -0.39 is 0 Å². The average Bonchev–Trinajstić information content (AvgIpc) is 3.14. The summed E-state index contributed by atoms with van der Waals surface area (Å²) in [5, 5.41) is 9.25. The highest BCUT2D eigenvalue weighted by molar-refractivity contribution is 5.94. The summed E-state index contributed by atoms with van der Waals surface area (Å²) in [5.74, 6) is 1.46. The Balaban J connectivity index is 1.39. The SMILES string of the molecule is COc1ccc(N2CCCN(C(=O)c3cccc(OCc4ccccc4C#N)c3)CC2)cc1. The van der Waals surface area contributed by atoms with E-state index in [9.17, 15) is 10.1 Å². The van der Waals surface area contributed by atoms with Crippen LogP contribution in [-0.4, -0.2) is 44.1 Å². The molecule has 1 fully saturated rings. The Bertz CT molecular complexity index is 1140. The molecule has 6 nitrogen and oxygen atoms in total. The maximum Gasteiger partial charge on any atom is 0.254 e. The smallest absolute Gasteiger partial charge is 0.254 e. The van der Waals surface area contributed by atoms with Crippen molar-refractivity contribution in [3.05, 3.63) is 89.5 Å². The quantitative estimate of drug-likeness (QED) is 0.564. The van der Waals surface area contributed by atoms with Gasteiger partial charge in [-0.15, -0.1) is 0 Å². The van der Waals surface area contributed by atoms with Gasteiger partial charge in [-0.2, -0.15) is 5.26 Å². The van der Waals surface area contributed by atoms with Crippen molar-refractivity contribution in [3.8, 4) is 17.6 Å². The monoisotopic (exact) mass is 441 g/mol. The van der Waals surface area contributed by atoms with E-state index in [1.54, 1.807) is 19.2 Å². The zero-order valence-electron chi connectivity index (χ0n) is 18.7. The van der Waals surface area contributed by atoms with Crippen LogP contribution >= 0.6 is 0 Å². The summed E-state index contributed by atoms with van der Waals surface area (Å²) < 4.78 is 11.1. The normalized spacial score (nSPS) is 13.7. The molecule has 3 aromatic rings. The third-order valence-corrected chi connectivity index (χ3v) is 5.83. The number of methoxy groups -OCH3 is 1. The molecule has 0 N–H and O–H groups in total.